The Kier molecular flexibility index (Phi) is 3.42. The Bertz CT molecular complexity index is 454. The average molecular weight is 232 g/mol. The summed E-state index contributed by atoms with van der Waals surface area (Å²) >= 11 is 0. The van der Waals surface area contributed by atoms with E-state index in [1.807, 2.05) is 31.2 Å². The van der Waals surface area contributed by atoms with Gasteiger partial charge in [-0.3, -0.25) is 9.79 Å². The molecule has 0 spiro atoms. The van der Waals surface area contributed by atoms with Gasteiger partial charge in [-0.25, -0.2) is 0 Å². The van der Waals surface area contributed by atoms with Gasteiger partial charge in [0.15, 0.2) is 0 Å². The summed E-state index contributed by atoms with van der Waals surface area (Å²) in [7, 11) is 1.64. The SMILES string of the molecule is CCC1N=C(Cc2ccccc2OC)NC1=O. The lowest BCUT2D eigenvalue weighted by Gasteiger charge is -2.07. The van der Waals surface area contributed by atoms with Gasteiger partial charge in [-0.15, -0.1) is 0 Å². The molecule has 1 amide bonds. The summed E-state index contributed by atoms with van der Waals surface area (Å²) in [5.41, 5.74) is 1.03. The van der Waals surface area contributed by atoms with Gasteiger partial charge in [-0.1, -0.05) is 25.1 Å². The smallest absolute Gasteiger partial charge is 0.250 e. The quantitative estimate of drug-likeness (QED) is 0.856. The van der Waals surface area contributed by atoms with Gasteiger partial charge in [0.25, 0.3) is 0 Å². The number of rotatable bonds is 4. The molecule has 1 atom stereocenters. The summed E-state index contributed by atoms with van der Waals surface area (Å²) < 4.78 is 5.27. The molecule has 4 nitrogen and oxygen atoms in total. The lowest BCUT2D eigenvalue weighted by molar-refractivity contribution is -0.120. The monoisotopic (exact) mass is 232 g/mol. The molecule has 2 rings (SSSR count). The van der Waals surface area contributed by atoms with Crippen molar-refractivity contribution in [3.8, 4) is 5.75 Å². The van der Waals surface area contributed by atoms with Crippen LogP contribution in [0.1, 0.15) is 18.9 Å². The molecule has 0 aromatic heterocycles. The first kappa shape index (κ1) is 11.6. The van der Waals surface area contributed by atoms with E-state index in [1.54, 1.807) is 7.11 Å². The first-order chi connectivity index (χ1) is 8.24. The van der Waals surface area contributed by atoms with E-state index in [1.165, 1.54) is 0 Å². The minimum Gasteiger partial charge on any atom is -0.496 e. The number of amidine groups is 1. The second-order valence-electron chi connectivity index (χ2n) is 3.98. The van der Waals surface area contributed by atoms with Crippen molar-refractivity contribution in [2.75, 3.05) is 7.11 Å². The third-order valence-corrected chi connectivity index (χ3v) is 2.82. The molecule has 1 aromatic rings. The summed E-state index contributed by atoms with van der Waals surface area (Å²) in [5, 5.41) is 2.81. The minimum absolute atomic E-state index is 0.00241. The summed E-state index contributed by atoms with van der Waals surface area (Å²) in [4.78, 5) is 15.9. The fourth-order valence-electron chi connectivity index (χ4n) is 1.90. The molecular formula is C13H16N2O2. The van der Waals surface area contributed by atoms with Crippen LogP contribution >= 0.6 is 0 Å². The summed E-state index contributed by atoms with van der Waals surface area (Å²) in [6.07, 6.45) is 1.34. The van der Waals surface area contributed by atoms with Crippen LogP contribution in [0.4, 0.5) is 0 Å². The Hall–Kier alpha value is -1.84. The molecule has 1 aliphatic heterocycles. The van der Waals surface area contributed by atoms with Crippen molar-refractivity contribution in [3.63, 3.8) is 0 Å². The van der Waals surface area contributed by atoms with Crippen LogP contribution in [0, 0.1) is 0 Å². The topological polar surface area (TPSA) is 50.7 Å². The molecule has 0 radical (unpaired) electrons. The Morgan fingerprint density at radius 1 is 1.41 bits per heavy atom. The second-order valence-corrected chi connectivity index (χ2v) is 3.98. The average Bonchev–Trinajstić information content (AvgIpc) is 2.70. The van der Waals surface area contributed by atoms with Crippen molar-refractivity contribution in [1.82, 2.24) is 5.32 Å². The maximum atomic E-state index is 11.5. The van der Waals surface area contributed by atoms with E-state index < -0.39 is 0 Å². The number of para-hydroxylation sites is 1. The van der Waals surface area contributed by atoms with Crippen LogP contribution in [0.5, 0.6) is 5.75 Å². The second kappa shape index (κ2) is 4.99. The van der Waals surface area contributed by atoms with Crippen molar-refractivity contribution in [2.45, 2.75) is 25.8 Å². The predicted octanol–water partition coefficient (Wildman–Crippen LogP) is 1.54. The molecular weight excluding hydrogens is 216 g/mol. The lowest BCUT2D eigenvalue weighted by Crippen LogP contribution is -2.29. The fourth-order valence-corrected chi connectivity index (χ4v) is 1.90. The molecule has 1 aromatic carbocycles. The third kappa shape index (κ3) is 2.46. The minimum atomic E-state index is -0.222. The van der Waals surface area contributed by atoms with E-state index in [0.717, 1.165) is 23.6 Å². The van der Waals surface area contributed by atoms with Crippen LogP contribution in [-0.2, 0) is 11.2 Å². The van der Waals surface area contributed by atoms with Crippen molar-refractivity contribution >= 4 is 11.7 Å². The van der Waals surface area contributed by atoms with Crippen molar-refractivity contribution < 1.29 is 9.53 Å². The molecule has 1 N–H and O–H groups in total. The number of nitrogens with one attached hydrogen (secondary N) is 1. The zero-order valence-corrected chi connectivity index (χ0v) is 10.1. The molecule has 0 saturated heterocycles. The zero-order valence-electron chi connectivity index (χ0n) is 10.1. The first-order valence-electron chi connectivity index (χ1n) is 5.74. The van der Waals surface area contributed by atoms with Crippen molar-refractivity contribution in [3.05, 3.63) is 29.8 Å². The molecule has 1 unspecified atom stereocenters. The number of carbonyl (C=O) groups is 1. The maximum Gasteiger partial charge on any atom is 0.250 e. The summed E-state index contributed by atoms with van der Waals surface area (Å²) in [5.74, 6) is 1.55. The van der Waals surface area contributed by atoms with E-state index in [9.17, 15) is 4.79 Å². The van der Waals surface area contributed by atoms with Crippen molar-refractivity contribution in [2.24, 2.45) is 4.99 Å². The van der Waals surface area contributed by atoms with Gasteiger partial charge >= 0.3 is 0 Å². The Labute approximate surface area is 101 Å². The van der Waals surface area contributed by atoms with E-state index in [-0.39, 0.29) is 11.9 Å². The number of carbonyl (C=O) groups excluding carboxylic acids is 1. The Balaban J connectivity index is 2.14. The van der Waals surface area contributed by atoms with Gasteiger partial charge in [-0.05, 0) is 12.5 Å². The van der Waals surface area contributed by atoms with Gasteiger partial charge in [0.2, 0.25) is 5.91 Å². The maximum absolute atomic E-state index is 11.5. The highest BCUT2D eigenvalue weighted by atomic mass is 16.5. The fraction of sp³-hybridized carbons (Fsp3) is 0.385. The molecule has 0 saturated carbocycles. The van der Waals surface area contributed by atoms with E-state index in [2.05, 4.69) is 10.3 Å². The number of methoxy groups -OCH3 is 1. The Morgan fingerprint density at radius 3 is 2.82 bits per heavy atom. The van der Waals surface area contributed by atoms with E-state index >= 15 is 0 Å². The van der Waals surface area contributed by atoms with Gasteiger partial charge < -0.3 is 10.1 Å². The third-order valence-electron chi connectivity index (χ3n) is 2.82. The van der Waals surface area contributed by atoms with Crippen LogP contribution in [0.2, 0.25) is 0 Å². The molecule has 0 bridgehead atoms. The number of benzene rings is 1. The van der Waals surface area contributed by atoms with Crippen LogP contribution in [-0.4, -0.2) is 24.9 Å². The van der Waals surface area contributed by atoms with Gasteiger partial charge in [-0.2, -0.15) is 0 Å². The molecule has 0 aliphatic carbocycles. The summed E-state index contributed by atoms with van der Waals surface area (Å²) in [6, 6.07) is 7.54. The number of hydrogen-bond donors (Lipinski definition) is 1. The number of nitrogens with zero attached hydrogens (tertiary/aromatic N) is 1. The van der Waals surface area contributed by atoms with Gasteiger partial charge in [0, 0.05) is 12.0 Å². The number of aliphatic imine (C=N–C) groups is 1. The molecule has 90 valence electrons. The molecule has 17 heavy (non-hydrogen) atoms. The number of ether oxygens (including phenoxy) is 1. The standard InChI is InChI=1S/C13H16N2O2/c1-3-10-13(16)15-12(14-10)8-9-6-4-5-7-11(9)17-2/h4-7,10H,3,8H2,1-2H3,(H,14,15,16). The summed E-state index contributed by atoms with van der Waals surface area (Å²) in [6.45, 7) is 1.96. The van der Waals surface area contributed by atoms with E-state index in [4.69, 9.17) is 4.74 Å². The molecule has 4 heteroatoms. The number of amides is 1. The largest absolute Gasteiger partial charge is 0.496 e. The van der Waals surface area contributed by atoms with Crippen LogP contribution in [0.3, 0.4) is 0 Å². The van der Waals surface area contributed by atoms with Gasteiger partial charge in [0.05, 0.1) is 7.11 Å². The van der Waals surface area contributed by atoms with E-state index in [0.29, 0.717) is 6.42 Å². The van der Waals surface area contributed by atoms with Gasteiger partial charge in [0.1, 0.15) is 17.6 Å². The predicted molar refractivity (Wildman–Crippen MR) is 66.4 cm³/mol. The number of hydrogen-bond acceptors (Lipinski definition) is 3. The first-order valence-corrected chi connectivity index (χ1v) is 5.74. The zero-order chi connectivity index (χ0) is 12.3. The van der Waals surface area contributed by atoms with Crippen LogP contribution in [0.25, 0.3) is 0 Å². The molecule has 0 fully saturated rings. The lowest BCUT2D eigenvalue weighted by atomic mass is 10.1. The molecule has 1 heterocycles. The highest BCUT2D eigenvalue weighted by Crippen LogP contribution is 2.19. The highest BCUT2D eigenvalue weighted by Gasteiger charge is 2.24. The van der Waals surface area contributed by atoms with Crippen molar-refractivity contribution in [1.29, 1.82) is 0 Å². The van der Waals surface area contributed by atoms with Crippen LogP contribution < -0.4 is 10.1 Å². The van der Waals surface area contributed by atoms with Crippen LogP contribution in [0.15, 0.2) is 29.3 Å². The Morgan fingerprint density at radius 2 is 2.18 bits per heavy atom. The highest BCUT2D eigenvalue weighted by molar-refractivity contribution is 6.06. The molecule has 1 aliphatic rings. The normalized spacial score (nSPS) is 18.8.